The number of esters is 1. The Kier molecular flexibility index (Phi) is 4.71. The van der Waals surface area contributed by atoms with Crippen LogP contribution in [0.3, 0.4) is 0 Å². The minimum Gasteiger partial charge on any atom is -0.465 e. The minimum atomic E-state index is -0.273. The Morgan fingerprint density at radius 3 is 3.00 bits per heavy atom. The number of anilines is 1. The van der Waals surface area contributed by atoms with Gasteiger partial charge in [-0.25, -0.2) is 0 Å². The molecule has 0 aromatic heterocycles. The molecule has 1 aromatic rings. The molecule has 3 nitrogen and oxygen atoms in total. The van der Waals surface area contributed by atoms with Gasteiger partial charge in [0.05, 0.1) is 22.5 Å². The maximum absolute atomic E-state index is 11.7. The zero-order chi connectivity index (χ0) is 14.0. The summed E-state index contributed by atoms with van der Waals surface area (Å²) in [5.41, 5.74) is 0.922. The van der Waals surface area contributed by atoms with E-state index in [0.717, 1.165) is 15.6 Å². The maximum Gasteiger partial charge on any atom is 0.325 e. The van der Waals surface area contributed by atoms with Crippen molar-refractivity contribution in [1.82, 2.24) is 0 Å². The summed E-state index contributed by atoms with van der Waals surface area (Å²) in [6, 6.07) is 5.59. The third-order valence-electron chi connectivity index (χ3n) is 2.72. The van der Waals surface area contributed by atoms with Crippen molar-refractivity contribution < 1.29 is 9.53 Å². The van der Waals surface area contributed by atoms with Crippen LogP contribution in [-0.4, -0.2) is 29.4 Å². The first-order valence-electron chi connectivity index (χ1n) is 5.96. The van der Waals surface area contributed by atoms with Crippen molar-refractivity contribution in [2.75, 3.05) is 18.1 Å². The van der Waals surface area contributed by atoms with Crippen LogP contribution < -0.4 is 4.90 Å². The normalized spacial score (nSPS) is 18.2. The number of rotatable bonds is 3. The average Bonchev–Trinajstić information content (AvgIpc) is 2.35. The molecule has 0 N–H and O–H groups in total. The van der Waals surface area contributed by atoms with Crippen LogP contribution in [0.1, 0.15) is 13.8 Å². The third-order valence-corrected chi connectivity index (χ3v) is 4.84. The molecule has 1 heterocycles. The first-order chi connectivity index (χ1) is 9.02. The lowest BCUT2D eigenvalue weighted by atomic mass is 10.2. The summed E-state index contributed by atoms with van der Waals surface area (Å²) in [5.74, 6) is -0.273. The molecule has 102 valence electrons. The number of thioether (sulfide) groups is 1. The Morgan fingerprint density at radius 2 is 2.32 bits per heavy atom. The zero-order valence-corrected chi connectivity index (χ0v) is 13.1. The fraction of sp³-hybridized carbons (Fsp3) is 0.385. The largest absolute Gasteiger partial charge is 0.465 e. The van der Waals surface area contributed by atoms with Gasteiger partial charge in [-0.05, 0) is 32.0 Å². The Balaban J connectivity index is 2.31. The quantitative estimate of drug-likeness (QED) is 0.629. The second-order valence-corrected chi connectivity index (χ2v) is 6.34. The molecule has 0 saturated heterocycles. The van der Waals surface area contributed by atoms with E-state index in [9.17, 15) is 4.79 Å². The van der Waals surface area contributed by atoms with Gasteiger partial charge in [-0.2, -0.15) is 0 Å². The zero-order valence-electron chi connectivity index (χ0n) is 10.7. The lowest BCUT2D eigenvalue weighted by Gasteiger charge is -2.34. The average molecular weight is 316 g/mol. The summed E-state index contributed by atoms with van der Waals surface area (Å²) in [5, 5.41) is 0.817. The van der Waals surface area contributed by atoms with Crippen LogP contribution in [0.15, 0.2) is 23.1 Å². The van der Waals surface area contributed by atoms with E-state index in [1.807, 2.05) is 24.0 Å². The van der Waals surface area contributed by atoms with Gasteiger partial charge in [-0.15, -0.1) is 11.8 Å². The molecule has 1 aliphatic heterocycles. The second kappa shape index (κ2) is 6.11. The number of hydrogen-bond acceptors (Lipinski definition) is 4. The molecule has 0 fully saturated rings. The van der Waals surface area contributed by atoms with Gasteiger partial charge in [-0.3, -0.25) is 4.79 Å². The molecule has 0 aliphatic carbocycles. The SMILES string of the molecule is CCOC(=O)CN1C(=S)C(C)Sc2cc(Cl)ccc21. The Morgan fingerprint density at radius 1 is 1.58 bits per heavy atom. The Bertz CT molecular complexity index is 521. The predicted molar refractivity (Wildman–Crippen MR) is 83.3 cm³/mol. The van der Waals surface area contributed by atoms with Crippen LogP contribution in [0, 0.1) is 0 Å². The monoisotopic (exact) mass is 315 g/mol. The number of benzene rings is 1. The van der Waals surface area contributed by atoms with Gasteiger partial charge in [0.1, 0.15) is 6.54 Å². The Hall–Kier alpha value is -0.780. The molecule has 1 unspecified atom stereocenters. The van der Waals surface area contributed by atoms with E-state index < -0.39 is 0 Å². The number of carbonyl (C=O) groups is 1. The highest BCUT2D eigenvalue weighted by Gasteiger charge is 2.29. The summed E-state index contributed by atoms with van der Waals surface area (Å²) in [7, 11) is 0. The number of nitrogens with zero attached hydrogens (tertiary/aromatic N) is 1. The number of thiocarbonyl (C=S) groups is 1. The van der Waals surface area contributed by atoms with Crippen LogP contribution in [0.2, 0.25) is 5.02 Å². The molecule has 0 saturated carbocycles. The van der Waals surface area contributed by atoms with Gasteiger partial charge in [-0.1, -0.05) is 23.8 Å². The van der Waals surface area contributed by atoms with Gasteiger partial charge in [0, 0.05) is 9.92 Å². The van der Waals surface area contributed by atoms with Gasteiger partial charge in [0.2, 0.25) is 0 Å². The minimum absolute atomic E-state index is 0.135. The van der Waals surface area contributed by atoms with Gasteiger partial charge >= 0.3 is 5.97 Å². The number of fused-ring (bicyclic) bond motifs is 1. The van der Waals surface area contributed by atoms with Crippen molar-refractivity contribution in [3.8, 4) is 0 Å². The topological polar surface area (TPSA) is 29.5 Å². The molecule has 0 radical (unpaired) electrons. The number of carbonyl (C=O) groups excluding carboxylic acids is 1. The molecular formula is C13H14ClNO2S2. The van der Waals surface area contributed by atoms with Crippen molar-refractivity contribution in [1.29, 1.82) is 0 Å². The van der Waals surface area contributed by atoms with E-state index in [2.05, 4.69) is 0 Å². The Labute approximate surface area is 127 Å². The highest BCUT2D eigenvalue weighted by atomic mass is 35.5. The number of hydrogen-bond donors (Lipinski definition) is 0. The fourth-order valence-corrected chi connectivity index (χ4v) is 3.53. The molecule has 1 aliphatic rings. The molecule has 2 rings (SSSR count). The summed E-state index contributed by atoms with van der Waals surface area (Å²) in [6.07, 6.45) is 0. The molecule has 0 spiro atoms. The molecule has 0 amide bonds. The van der Waals surface area contributed by atoms with Crippen molar-refractivity contribution in [2.45, 2.75) is 24.0 Å². The van der Waals surface area contributed by atoms with E-state index in [1.54, 1.807) is 24.8 Å². The van der Waals surface area contributed by atoms with E-state index in [1.165, 1.54) is 0 Å². The highest BCUT2D eigenvalue weighted by Crippen LogP contribution is 2.40. The molecule has 1 atom stereocenters. The lowest BCUT2D eigenvalue weighted by molar-refractivity contribution is -0.141. The molecule has 1 aromatic carbocycles. The molecule has 19 heavy (non-hydrogen) atoms. The number of halogens is 1. The summed E-state index contributed by atoms with van der Waals surface area (Å²) >= 11 is 13.1. The van der Waals surface area contributed by atoms with Crippen LogP contribution in [0.4, 0.5) is 5.69 Å². The second-order valence-electron chi connectivity index (χ2n) is 4.10. The van der Waals surface area contributed by atoms with Crippen LogP contribution in [0.25, 0.3) is 0 Å². The van der Waals surface area contributed by atoms with Crippen LogP contribution in [0.5, 0.6) is 0 Å². The van der Waals surface area contributed by atoms with Crippen molar-refractivity contribution in [2.24, 2.45) is 0 Å². The molecule has 6 heteroatoms. The van der Waals surface area contributed by atoms with E-state index in [0.29, 0.717) is 11.6 Å². The van der Waals surface area contributed by atoms with Crippen LogP contribution in [-0.2, 0) is 9.53 Å². The van der Waals surface area contributed by atoms with Gasteiger partial charge in [0.15, 0.2) is 0 Å². The van der Waals surface area contributed by atoms with E-state index >= 15 is 0 Å². The smallest absolute Gasteiger partial charge is 0.325 e. The fourth-order valence-electron chi connectivity index (χ4n) is 1.88. The molecular weight excluding hydrogens is 302 g/mol. The first kappa shape index (κ1) is 14.6. The lowest BCUT2D eigenvalue weighted by Crippen LogP contribution is -2.42. The maximum atomic E-state index is 11.7. The summed E-state index contributed by atoms with van der Waals surface area (Å²) in [6.45, 7) is 4.33. The predicted octanol–water partition coefficient (Wildman–Crippen LogP) is 3.53. The van der Waals surface area contributed by atoms with Gasteiger partial charge in [0.25, 0.3) is 0 Å². The van der Waals surface area contributed by atoms with Crippen LogP contribution >= 0.6 is 35.6 Å². The van der Waals surface area contributed by atoms with Gasteiger partial charge < -0.3 is 9.64 Å². The van der Waals surface area contributed by atoms with E-state index in [4.69, 9.17) is 28.6 Å². The first-order valence-corrected chi connectivity index (χ1v) is 7.62. The van der Waals surface area contributed by atoms with Crippen molar-refractivity contribution in [3.05, 3.63) is 23.2 Å². The molecule has 0 bridgehead atoms. The van der Waals surface area contributed by atoms with Crippen molar-refractivity contribution in [3.63, 3.8) is 0 Å². The summed E-state index contributed by atoms with van der Waals surface area (Å²) in [4.78, 5) is 15.3. The van der Waals surface area contributed by atoms with E-state index in [-0.39, 0.29) is 17.8 Å². The standard InChI is InChI=1S/C13H14ClNO2S2/c1-3-17-12(16)7-15-10-5-4-9(14)6-11(10)19-8(2)13(15)18/h4-6,8H,3,7H2,1-2H3. The summed E-state index contributed by atoms with van der Waals surface area (Å²) < 4.78 is 4.99. The van der Waals surface area contributed by atoms with Crippen molar-refractivity contribution >= 4 is 52.2 Å². The number of ether oxygens (including phenoxy) is 1. The third kappa shape index (κ3) is 3.22. The highest BCUT2D eigenvalue weighted by molar-refractivity contribution is 8.02.